The maximum Gasteiger partial charge on any atom is 0.416 e. The lowest BCUT2D eigenvalue weighted by atomic mass is 9.95. The van der Waals surface area contributed by atoms with E-state index in [4.69, 9.17) is 9.26 Å². The van der Waals surface area contributed by atoms with E-state index in [0.717, 1.165) is 36.1 Å². The Balaban J connectivity index is 1.25. The minimum atomic E-state index is -4.41. The highest BCUT2D eigenvalue weighted by Crippen LogP contribution is 2.61. The van der Waals surface area contributed by atoms with Crippen LogP contribution in [0.5, 0.6) is 5.75 Å². The highest BCUT2D eigenvalue weighted by atomic mass is 19.4. The van der Waals surface area contributed by atoms with Crippen LogP contribution in [0.4, 0.5) is 13.2 Å². The van der Waals surface area contributed by atoms with Crippen LogP contribution in [0.15, 0.2) is 47.0 Å². The van der Waals surface area contributed by atoms with Gasteiger partial charge in [0.25, 0.3) is 5.89 Å². The fraction of sp³-hybridized carbons (Fsp3) is 0.318. The van der Waals surface area contributed by atoms with Crippen LogP contribution in [-0.2, 0) is 29.4 Å². The number of fused-ring (bicyclic) bond motifs is 2. The van der Waals surface area contributed by atoms with Gasteiger partial charge in [-0.15, -0.1) is 0 Å². The molecule has 1 N–H and O–H groups in total. The van der Waals surface area contributed by atoms with Crippen molar-refractivity contribution in [3.05, 3.63) is 65.0 Å². The molecule has 1 spiro atoms. The van der Waals surface area contributed by atoms with Gasteiger partial charge in [0.1, 0.15) is 5.75 Å². The molecule has 2 aromatic carbocycles. The van der Waals surface area contributed by atoms with Crippen molar-refractivity contribution in [1.82, 2.24) is 10.1 Å². The van der Waals surface area contributed by atoms with Crippen LogP contribution < -0.4 is 4.74 Å². The third-order valence-electron chi connectivity index (χ3n) is 6.12. The van der Waals surface area contributed by atoms with Crippen molar-refractivity contribution in [3.63, 3.8) is 0 Å². The number of benzene rings is 2. The normalized spacial score (nSPS) is 21.8. The van der Waals surface area contributed by atoms with E-state index in [1.165, 1.54) is 12.1 Å². The van der Waals surface area contributed by atoms with Crippen LogP contribution in [0.3, 0.4) is 0 Å². The molecule has 1 heterocycles. The highest BCUT2D eigenvalue weighted by molar-refractivity contribution is 5.78. The summed E-state index contributed by atoms with van der Waals surface area (Å²) in [4.78, 5) is 15.5. The van der Waals surface area contributed by atoms with Crippen molar-refractivity contribution in [1.29, 1.82) is 0 Å². The molecule has 0 saturated heterocycles. The zero-order valence-electron chi connectivity index (χ0n) is 16.1. The molecule has 1 saturated carbocycles. The summed E-state index contributed by atoms with van der Waals surface area (Å²) >= 11 is 0. The molecule has 1 fully saturated rings. The molecule has 1 aromatic heterocycles. The number of carboxylic acid groups (broad SMARTS) is 1. The van der Waals surface area contributed by atoms with Gasteiger partial charge in [0, 0.05) is 11.0 Å². The first-order valence-electron chi connectivity index (χ1n) is 9.75. The predicted octanol–water partition coefficient (Wildman–Crippen LogP) is 4.62. The Morgan fingerprint density at radius 1 is 1.23 bits per heavy atom. The van der Waals surface area contributed by atoms with Crippen molar-refractivity contribution < 1.29 is 32.3 Å². The number of alkyl halides is 3. The Bertz CT molecular complexity index is 1160. The minimum absolute atomic E-state index is 0.0335. The summed E-state index contributed by atoms with van der Waals surface area (Å²) in [5.41, 5.74) is 1.60. The van der Waals surface area contributed by atoms with Gasteiger partial charge < -0.3 is 14.4 Å². The van der Waals surface area contributed by atoms with E-state index in [-0.39, 0.29) is 29.7 Å². The van der Waals surface area contributed by atoms with Gasteiger partial charge >= 0.3 is 12.1 Å². The second-order valence-electron chi connectivity index (χ2n) is 7.95. The van der Waals surface area contributed by atoms with E-state index in [1.54, 1.807) is 6.07 Å². The summed E-state index contributed by atoms with van der Waals surface area (Å²) in [6.07, 6.45) is -2.07. The molecule has 0 aliphatic heterocycles. The fourth-order valence-corrected chi connectivity index (χ4v) is 4.43. The zero-order chi connectivity index (χ0) is 21.8. The van der Waals surface area contributed by atoms with Crippen molar-refractivity contribution in [2.24, 2.45) is 5.92 Å². The molecule has 0 unspecified atom stereocenters. The molecule has 2 atom stereocenters. The number of aromatic nitrogens is 2. The number of hydrogen-bond acceptors (Lipinski definition) is 5. The molecule has 0 amide bonds. The van der Waals surface area contributed by atoms with Crippen molar-refractivity contribution in [2.45, 2.75) is 37.5 Å². The van der Waals surface area contributed by atoms with Gasteiger partial charge in [-0.3, -0.25) is 4.79 Å². The van der Waals surface area contributed by atoms with Crippen molar-refractivity contribution >= 4 is 5.97 Å². The summed E-state index contributed by atoms with van der Waals surface area (Å²) in [5.74, 6) is -0.0570. The number of carbonyl (C=O) groups is 1. The largest absolute Gasteiger partial charge is 0.485 e. The third-order valence-corrected chi connectivity index (χ3v) is 6.12. The van der Waals surface area contributed by atoms with Gasteiger partial charge in [0.2, 0.25) is 5.82 Å². The van der Waals surface area contributed by atoms with E-state index in [2.05, 4.69) is 10.1 Å². The van der Waals surface area contributed by atoms with E-state index in [1.807, 2.05) is 12.1 Å². The Hall–Kier alpha value is -3.36. The van der Waals surface area contributed by atoms with Crippen LogP contribution in [0.2, 0.25) is 0 Å². The van der Waals surface area contributed by atoms with Crippen molar-refractivity contribution in [2.75, 3.05) is 0 Å². The Labute approximate surface area is 174 Å². The number of halogens is 3. The van der Waals surface area contributed by atoms with Crippen LogP contribution >= 0.6 is 0 Å². The molecular formula is C22H17F3N2O4. The van der Waals surface area contributed by atoms with Crippen molar-refractivity contribution in [3.8, 4) is 17.2 Å². The second kappa shape index (κ2) is 6.83. The van der Waals surface area contributed by atoms with E-state index < -0.39 is 17.7 Å². The standard InChI is InChI=1S/C22H17F3N2O4/c23-22(24,25)14-3-1-12(2-4-14)19-26-18(27-31-19)11-30-15-5-6-16-13(9-15)7-8-21(16)10-17(21)20(28)29/h1-6,9,17H,7-8,10-11H2,(H,28,29)/t17-,21-/m0/s1. The lowest BCUT2D eigenvalue weighted by Crippen LogP contribution is -2.11. The molecule has 5 rings (SSSR count). The molecule has 0 bridgehead atoms. The lowest BCUT2D eigenvalue weighted by molar-refractivity contribution is -0.139. The van der Waals surface area contributed by atoms with E-state index in [9.17, 15) is 23.1 Å². The maximum absolute atomic E-state index is 12.7. The van der Waals surface area contributed by atoms with Crippen LogP contribution in [0, 0.1) is 5.92 Å². The first-order chi connectivity index (χ1) is 14.8. The van der Waals surface area contributed by atoms with E-state index in [0.29, 0.717) is 17.7 Å². The molecule has 3 aromatic rings. The highest BCUT2D eigenvalue weighted by Gasteiger charge is 2.61. The van der Waals surface area contributed by atoms with Crippen LogP contribution in [-0.4, -0.2) is 21.2 Å². The fourth-order valence-electron chi connectivity index (χ4n) is 4.43. The first-order valence-corrected chi connectivity index (χ1v) is 9.75. The van der Waals surface area contributed by atoms with E-state index >= 15 is 0 Å². The zero-order valence-corrected chi connectivity index (χ0v) is 16.1. The molecule has 9 heteroatoms. The monoisotopic (exact) mass is 430 g/mol. The Kier molecular flexibility index (Phi) is 4.32. The molecule has 6 nitrogen and oxygen atoms in total. The predicted molar refractivity (Wildman–Crippen MR) is 101 cm³/mol. The van der Waals surface area contributed by atoms with Gasteiger partial charge in [-0.25, -0.2) is 0 Å². The average molecular weight is 430 g/mol. The topological polar surface area (TPSA) is 85.5 Å². The number of rotatable bonds is 5. The van der Waals surface area contributed by atoms with Crippen LogP contribution in [0.1, 0.15) is 35.4 Å². The Morgan fingerprint density at radius 3 is 2.68 bits per heavy atom. The summed E-state index contributed by atoms with van der Waals surface area (Å²) in [5, 5.41) is 13.1. The third kappa shape index (κ3) is 3.43. The number of carboxylic acids is 1. The van der Waals surface area contributed by atoms with Gasteiger partial charge in [0.15, 0.2) is 6.61 Å². The first kappa shape index (κ1) is 19.6. The molecule has 160 valence electrons. The SMILES string of the molecule is O=C(O)[C@@H]1C[C@]12CCc1cc(OCc3noc(-c4ccc(C(F)(F)F)cc4)n3)ccc12. The summed E-state index contributed by atoms with van der Waals surface area (Å²) in [7, 11) is 0. The summed E-state index contributed by atoms with van der Waals surface area (Å²) < 4.78 is 48.9. The van der Waals surface area contributed by atoms with Gasteiger partial charge in [-0.05, 0) is 66.8 Å². The molecule has 31 heavy (non-hydrogen) atoms. The quantitative estimate of drug-likeness (QED) is 0.636. The van der Waals surface area contributed by atoms with Gasteiger partial charge in [-0.1, -0.05) is 11.2 Å². The number of nitrogens with zero attached hydrogens (tertiary/aromatic N) is 2. The number of hydrogen-bond donors (Lipinski definition) is 1. The molecule has 0 radical (unpaired) electrons. The summed E-state index contributed by atoms with van der Waals surface area (Å²) in [6, 6.07) is 10.1. The van der Waals surface area contributed by atoms with Gasteiger partial charge in [0.05, 0.1) is 11.5 Å². The summed E-state index contributed by atoms with van der Waals surface area (Å²) in [6.45, 7) is 0.0335. The number of aryl methyl sites for hydroxylation is 1. The maximum atomic E-state index is 12.7. The van der Waals surface area contributed by atoms with Gasteiger partial charge in [-0.2, -0.15) is 18.2 Å². The Morgan fingerprint density at radius 2 is 2.00 bits per heavy atom. The lowest BCUT2D eigenvalue weighted by Gasteiger charge is -2.11. The second-order valence-corrected chi connectivity index (χ2v) is 7.95. The number of ether oxygens (including phenoxy) is 1. The smallest absolute Gasteiger partial charge is 0.416 e. The number of aliphatic carboxylic acids is 1. The molecule has 2 aliphatic carbocycles. The molecule has 2 aliphatic rings. The van der Waals surface area contributed by atoms with Crippen LogP contribution in [0.25, 0.3) is 11.5 Å². The minimum Gasteiger partial charge on any atom is -0.485 e. The average Bonchev–Trinajstić information content (AvgIpc) is 3.10. The molecular weight excluding hydrogens is 413 g/mol.